The zero-order valence-electron chi connectivity index (χ0n) is 10.2. The predicted octanol–water partition coefficient (Wildman–Crippen LogP) is 1.46. The van der Waals surface area contributed by atoms with Crippen LogP contribution in [-0.2, 0) is 0 Å². The lowest BCUT2D eigenvalue weighted by molar-refractivity contribution is -0.0456. The Balaban J connectivity index is 2.39. The average Bonchev–Trinajstić information content (AvgIpc) is 2.45. The van der Waals surface area contributed by atoms with Crippen LogP contribution in [0.1, 0.15) is 22.5 Å². The third-order valence-electron chi connectivity index (χ3n) is 3.02. The predicted molar refractivity (Wildman–Crippen MR) is 71.2 cm³/mol. The van der Waals surface area contributed by atoms with Crippen molar-refractivity contribution in [1.82, 2.24) is 9.97 Å². The minimum absolute atomic E-state index is 0.0817. The summed E-state index contributed by atoms with van der Waals surface area (Å²) in [5, 5.41) is 28.8. The van der Waals surface area contributed by atoms with E-state index in [0.29, 0.717) is 11.0 Å². The number of aromatic nitrogens is 2. The molecule has 2 aromatic heterocycles. The summed E-state index contributed by atoms with van der Waals surface area (Å²) >= 11 is 0. The normalized spacial score (nSPS) is 11.3. The molecule has 20 heavy (non-hydrogen) atoms. The van der Waals surface area contributed by atoms with Gasteiger partial charge in [0.2, 0.25) is 0 Å². The number of pyridine rings is 2. The van der Waals surface area contributed by atoms with E-state index in [2.05, 4.69) is 9.97 Å². The Kier molecular flexibility index (Phi) is 2.81. The Morgan fingerprint density at radius 3 is 2.05 bits per heavy atom. The zero-order chi connectivity index (χ0) is 14.3. The topological polar surface area (TPSA) is 104 Å². The molecule has 0 radical (unpaired) electrons. The molecule has 2 heterocycles. The summed E-state index contributed by atoms with van der Waals surface area (Å²) in [4.78, 5) is 19.2. The Morgan fingerprint density at radius 1 is 0.900 bits per heavy atom. The number of aromatic carboxylic acids is 1. The Bertz CT molecular complexity index is 830. The van der Waals surface area contributed by atoms with Gasteiger partial charge in [0.15, 0.2) is 6.29 Å². The zero-order valence-corrected chi connectivity index (χ0v) is 10.2. The summed E-state index contributed by atoms with van der Waals surface area (Å²) in [7, 11) is 0. The number of aliphatic hydroxyl groups is 2. The lowest BCUT2D eigenvalue weighted by atomic mass is 10.1. The maximum Gasteiger partial charge on any atom is 0.354 e. The highest BCUT2D eigenvalue weighted by Gasteiger charge is 2.11. The fourth-order valence-corrected chi connectivity index (χ4v) is 2.05. The lowest BCUT2D eigenvalue weighted by Gasteiger charge is -2.07. The Labute approximate surface area is 113 Å². The van der Waals surface area contributed by atoms with E-state index in [1.807, 2.05) is 12.1 Å². The number of fused-ring (bicyclic) bond motifs is 3. The molecule has 0 saturated carbocycles. The van der Waals surface area contributed by atoms with Crippen LogP contribution in [0.25, 0.3) is 21.8 Å². The van der Waals surface area contributed by atoms with Crippen molar-refractivity contribution in [3.63, 3.8) is 0 Å². The van der Waals surface area contributed by atoms with Crippen LogP contribution in [0.2, 0.25) is 0 Å². The van der Waals surface area contributed by atoms with Gasteiger partial charge in [-0.2, -0.15) is 0 Å². The molecule has 0 amide bonds. The van der Waals surface area contributed by atoms with Crippen molar-refractivity contribution in [2.75, 3.05) is 0 Å². The van der Waals surface area contributed by atoms with Crippen molar-refractivity contribution < 1.29 is 20.1 Å². The molecule has 3 rings (SSSR count). The fourth-order valence-electron chi connectivity index (χ4n) is 2.05. The molecule has 3 N–H and O–H groups in total. The van der Waals surface area contributed by atoms with E-state index in [1.54, 1.807) is 12.1 Å². The molecule has 0 spiro atoms. The van der Waals surface area contributed by atoms with Crippen molar-refractivity contribution in [2.45, 2.75) is 6.29 Å². The van der Waals surface area contributed by atoms with E-state index in [1.165, 1.54) is 12.1 Å². The standard InChI is InChI=1S/C14H10N2O4/c17-13(18)9-5-3-7-1-2-8-4-6-10(14(19)20)16-12(8)11(7)15-9/h1-6,13,17-18H,(H,19,20). The number of carboxylic acids is 1. The molecule has 100 valence electrons. The van der Waals surface area contributed by atoms with Gasteiger partial charge in [-0.25, -0.2) is 14.8 Å². The summed E-state index contributed by atoms with van der Waals surface area (Å²) in [6, 6.07) is 9.88. The first-order valence-electron chi connectivity index (χ1n) is 5.86. The van der Waals surface area contributed by atoms with E-state index in [-0.39, 0.29) is 11.4 Å². The maximum absolute atomic E-state index is 11.0. The summed E-state index contributed by atoms with van der Waals surface area (Å²) in [6.45, 7) is 0. The number of hydrogen-bond acceptors (Lipinski definition) is 5. The van der Waals surface area contributed by atoms with Gasteiger partial charge in [0.25, 0.3) is 0 Å². The Hall–Kier alpha value is -2.57. The maximum atomic E-state index is 11.0. The molecule has 0 saturated heterocycles. The quantitative estimate of drug-likeness (QED) is 0.481. The van der Waals surface area contributed by atoms with Crippen molar-refractivity contribution >= 4 is 27.8 Å². The largest absolute Gasteiger partial charge is 0.477 e. The minimum Gasteiger partial charge on any atom is -0.477 e. The Morgan fingerprint density at radius 2 is 1.45 bits per heavy atom. The number of rotatable bonds is 2. The van der Waals surface area contributed by atoms with E-state index < -0.39 is 12.3 Å². The summed E-state index contributed by atoms with van der Waals surface area (Å²) < 4.78 is 0. The molecule has 0 atom stereocenters. The van der Waals surface area contributed by atoms with Gasteiger partial charge in [-0.05, 0) is 12.1 Å². The number of nitrogens with zero attached hydrogens (tertiary/aromatic N) is 2. The number of benzene rings is 1. The molecular weight excluding hydrogens is 260 g/mol. The monoisotopic (exact) mass is 270 g/mol. The number of carboxylic acid groups (broad SMARTS) is 1. The highest BCUT2D eigenvalue weighted by atomic mass is 16.5. The van der Waals surface area contributed by atoms with Crippen LogP contribution in [0.4, 0.5) is 0 Å². The van der Waals surface area contributed by atoms with Gasteiger partial charge < -0.3 is 15.3 Å². The van der Waals surface area contributed by atoms with Crippen LogP contribution in [0.3, 0.4) is 0 Å². The first-order chi connectivity index (χ1) is 9.56. The summed E-state index contributed by atoms with van der Waals surface area (Å²) in [6.07, 6.45) is -1.68. The van der Waals surface area contributed by atoms with Gasteiger partial charge in [0, 0.05) is 10.8 Å². The molecule has 0 aliphatic rings. The highest BCUT2D eigenvalue weighted by molar-refractivity contribution is 6.04. The van der Waals surface area contributed by atoms with Gasteiger partial charge in [-0.1, -0.05) is 24.3 Å². The molecule has 0 unspecified atom stereocenters. The van der Waals surface area contributed by atoms with Crippen LogP contribution in [0, 0.1) is 0 Å². The third kappa shape index (κ3) is 1.97. The molecule has 0 fully saturated rings. The van der Waals surface area contributed by atoms with Crippen LogP contribution < -0.4 is 0 Å². The van der Waals surface area contributed by atoms with Crippen molar-refractivity contribution in [2.24, 2.45) is 0 Å². The molecule has 6 heteroatoms. The summed E-state index contributed by atoms with van der Waals surface area (Å²) in [5.41, 5.74) is 0.871. The second-order valence-electron chi connectivity index (χ2n) is 4.32. The number of hydrogen-bond donors (Lipinski definition) is 3. The molecule has 0 aliphatic carbocycles. The van der Waals surface area contributed by atoms with Crippen LogP contribution in [0.5, 0.6) is 0 Å². The highest BCUT2D eigenvalue weighted by Crippen LogP contribution is 2.24. The smallest absolute Gasteiger partial charge is 0.354 e. The van der Waals surface area contributed by atoms with Gasteiger partial charge in [-0.15, -0.1) is 0 Å². The SMILES string of the molecule is O=C(O)c1ccc2ccc3ccc(C(O)O)nc3c2n1. The first kappa shape index (κ1) is 12.5. The molecule has 6 nitrogen and oxygen atoms in total. The van der Waals surface area contributed by atoms with E-state index in [0.717, 1.165) is 10.8 Å². The molecule has 1 aromatic carbocycles. The lowest BCUT2D eigenvalue weighted by Crippen LogP contribution is -2.02. The van der Waals surface area contributed by atoms with Crippen LogP contribution in [-0.4, -0.2) is 31.3 Å². The van der Waals surface area contributed by atoms with Crippen LogP contribution >= 0.6 is 0 Å². The van der Waals surface area contributed by atoms with Gasteiger partial charge in [-0.3, -0.25) is 0 Å². The summed E-state index contributed by atoms with van der Waals surface area (Å²) in [5.74, 6) is -1.12. The second kappa shape index (κ2) is 4.52. The van der Waals surface area contributed by atoms with E-state index in [9.17, 15) is 15.0 Å². The molecular formula is C14H10N2O4. The number of aliphatic hydroxyl groups excluding tert-OH is 1. The second-order valence-corrected chi connectivity index (χ2v) is 4.32. The molecule has 0 aliphatic heterocycles. The molecule has 3 aromatic rings. The van der Waals surface area contributed by atoms with Crippen molar-refractivity contribution in [3.05, 3.63) is 47.8 Å². The van der Waals surface area contributed by atoms with Gasteiger partial charge in [0.1, 0.15) is 5.69 Å². The van der Waals surface area contributed by atoms with Crippen molar-refractivity contribution in [1.29, 1.82) is 0 Å². The van der Waals surface area contributed by atoms with E-state index >= 15 is 0 Å². The van der Waals surface area contributed by atoms with Gasteiger partial charge in [0.05, 0.1) is 16.7 Å². The fraction of sp³-hybridized carbons (Fsp3) is 0.0714. The van der Waals surface area contributed by atoms with Crippen molar-refractivity contribution in [3.8, 4) is 0 Å². The van der Waals surface area contributed by atoms with Crippen LogP contribution in [0.15, 0.2) is 36.4 Å². The first-order valence-corrected chi connectivity index (χ1v) is 5.86. The minimum atomic E-state index is -1.68. The number of carbonyl (C=O) groups is 1. The third-order valence-corrected chi connectivity index (χ3v) is 3.02. The van der Waals surface area contributed by atoms with E-state index in [4.69, 9.17) is 5.11 Å². The average molecular weight is 270 g/mol. The molecule has 0 bridgehead atoms. The van der Waals surface area contributed by atoms with Gasteiger partial charge >= 0.3 is 5.97 Å².